The number of rotatable bonds is 10. The summed E-state index contributed by atoms with van der Waals surface area (Å²) >= 11 is 0. The van der Waals surface area contributed by atoms with Crippen LogP contribution in [0.25, 0.3) is 0 Å². The largest absolute Gasteiger partial charge is 0.495 e. The number of likely N-dealkylation sites (N-methyl/N-ethyl adjacent to an activating group) is 1. The molecule has 2 rings (SSSR count). The van der Waals surface area contributed by atoms with E-state index < -0.39 is 28.5 Å². The Bertz CT molecular complexity index is 1100. The van der Waals surface area contributed by atoms with Gasteiger partial charge in [-0.25, -0.2) is 8.42 Å². The minimum absolute atomic E-state index is 0.181. The highest BCUT2D eigenvalue weighted by Gasteiger charge is 2.32. The van der Waals surface area contributed by atoms with Crippen molar-refractivity contribution in [3.8, 4) is 5.75 Å². The van der Waals surface area contributed by atoms with E-state index in [-0.39, 0.29) is 18.1 Å². The number of hydrogen-bond donors (Lipinski definition) is 1. The van der Waals surface area contributed by atoms with Gasteiger partial charge in [-0.15, -0.1) is 0 Å². The second kappa shape index (κ2) is 11.2. The smallest absolute Gasteiger partial charge is 0.244 e. The van der Waals surface area contributed by atoms with Crippen molar-refractivity contribution in [2.45, 2.75) is 39.8 Å². The molecule has 0 aliphatic rings. The molecular weight excluding hydrogens is 442 g/mol. The lowest BCUT2D eigenvalue weighted by Gasteiger charge is -2.33. The van der Waals surface area contributed by atoms with Crippen LogP contribution in [-0.4, -0.2) is 58.1 Å². The summed E-state index contributed by atoms with van der Waals surface area (Å²) in [5.41, 5.74) is 2.95. The van der Waals surface area contributed by atoms with E-state index in [4.69, 9.17) is 4.74 Å². The first-order valence-electron chi connectivity index (χ1n) is 10.7. The monoisotopic (exact) mass is 475 g/mol. The molecule has 0 spiro atoms. The molecule has 2 aromatic rings. The summed E-state index contributed by atoms with van der Waals surface area (Å²) in [5, 5.41) is 2.61. The summed E-state index contributed by atoms with van der Waals surface area (Å²) in [4.78, 5) is 27.6. The normalized spacial score (nSPS) is 12.1. The first-order valence-corrected chi connectivity index (χ1v) is 12.6. The van der Waals surface area contributed by atoms with Crippen LogP contribution in [0.4, 0.5) is 5.69 Å². The zero-order valence-corrected chi connectivity index (χ0v) is 20.9. The van der Waals surface area contributed by atoms with Gasteiger partial charge < -0.3 is 15.0 Å². The maximum absolute atomic E-state index is 13.6. The van der Waals surface area contributed by atoms with Gasteiger partial charge in [-0.05, 0) is 49.1 Å². The molecule has 8 nitrogen and oxygen atoms in total. The molecule has 0 bridgehead atoms. The molecule has 0 fully saturated rings. The minimum atomic E-state index is -3.83. The number of amides is 2. The van der Waals surface area contributed by atoms with Gasteiger partial charge >= 0.3 is 0 Å². The zero-order valence-electron chi connectivity index (χ0n) is 20.1. The summed E-state index contributed by atoms with van der Waals surface area (Å²) < 4.78 is 31.9. The van der Waals surface area contributed by atoms with Crippen LogP contribution in [0, 0.1) is 13.8 Å². The molecule has 180 valence electrons. The van der Waals surface area contributed by atoms with Gasteiger partial charge in [0.15, 0.2) is 0 Å². The van der Waals surface area contributed by atoms with Crippen LogP contribution in [0.15, 0.2) is 42.5 Å². The van der Waals surface area contributed by atoms with Crippen LogP contribution < -0.4 is 14.4 Å². The average molecular weight is 476 g/mol. The fourth-order valence-electron chi connectivity index (χ4n) is 3.65. The number of carbonyl (C=O) groups excluding carboxylic acids is 2. The Morgan fingerprint density at radius 1 is 1.12 bits per heavy atom. The van der Waals surface area contributed by atoms with E-state index in [1.165, 1.54) is 19.1 Å². The van der Waals surface area contributed by atoms with Gasteiger partial charge in [0.2, 0.25) is 21.8 Å². The maximum atomic E-state index is 13.6. The number of aryl methyl sites for hydroxylation is 2. The molecule has 0 saturated heterocycles. The molecular formula is C24H33N3O5S. The predicted octanol–water partition coefficient (Wildman–Crippen LogP) is 2.63. The number of sulfonamides is 1. The Morgan fingerprint density at radius 3 is 2.33 bits per heavy atom. The third-order valence-electron chi connectivity index (χ3n) is 5.52. The summed E-state index contributed by atoms with van der Waals surface area (Å²) in [6.07, 6.45) is 1.42. The molecule has 1 N–H and O–H groups in total. The van der Waals surface area contributed by atoms with Gasteiger partial charge in [0.1, 0.15) is 18.3 Å². The highest BCUT2D eigenvalue weighted by atomic mass is 32.2. The van der Waals surface area contributed by atoms with Crippen molar-refractivity contribution in [3.05, 3.63) is 59.2 Å². The van der Waals surface area contributed by atoms with E-state index in [1.807, 2.05) is 45.0 Å². The average Bonchev–Trinajstić information content (AvgIpc) is 2.77. The second-order valence-corrected chi connectivity index (χ2v) is 9.84. The van der Waals surface area contributed by atoms with Crippen molar-refractivity contribution in [1.29, 1.82) is 0 Å². The number of anilines is 1. The Morgan fingerprint density at radius 2 is 1.79 bits per heavy atom. The summed E-state index contributed by atoms with van der Waals surface area (Å²) in [7, 11) is -0.870. The molecule has 2 amide bonds. The molecule has 0 aliphatic heterocycles. The first-order chi connectivity index (χ1) is 15.5. The maximum Gasteiger partial charge on any atom is 0.244 e. The van der Waals surface area contributed by atoms with E-state index in [2.05, 4.69) is 5.32 Å². The molecule has 33 heavy (non-hydrogen) atoms. The van der Waals surface area contributed by atoms with Crippen LogP contribution in [0.5, 0.6) is 5.75 Å². The first kappa shape index (κ1) is 26.2. The lowest BCUT2D eigenvalue weighted by atomic mass is 10.1. The third kappa shape index (κ3) is 6.47. The summed E-state index contributed by atoms with van der Waals surface area (Å²) in [6.45, 7) is 5.29. The number of benzene rings is 2. The van der Waals surface area contributed by atoms with Gasteiger partial charge in [-0.3, -0.25) is 13.9 Å². The van der Waals surface area contributed by atoms with Crippen molar-refractivity contribution < 1.29 is 22.7 Å². The zero-order chi connectivity index (χ0) is 24.8. The second-order valence-electron chi connectivity index (χ2n) is 7.93. The van der Waals surface area contributed by atoms with Crippen LogP contribution in [-0.2, 0) is 26.2 Å². The SMILES string of the molecule is CC[C@H](C(=O)NC)N(Cc1ccccc1C)C(=O)CN(c1cc(C)ccc1OC)S(C)(=O)=O. The number of nitrogens with zero attached hydrogens (tertiary/aromatic N) is 2. The Balaban J connectivity index is 2.52. The van der Waals surface area contributed by atoms with Gasteiger partial charge in [0.25, 0.3) is 0 Å². The molecule has 1 atom stereocenters. The molecule has 0 unspecified atom stereocenters. The number of hydrogen-bond acceptors (Lipinski definition) is 5. The van der Waals surface area contributed by atoms with Crippen LogP contribution in [0.2, 0.25) is 0 Å². The quantitative estimate of drug-likeness (QED) is 0.570. The van der Waals surface area contributed by atoms with Crippen molar-refractivity contribution in [1.82, 2.24) is 10.2 Å². The lowest BCUT2D eigenvalue weighted by molar-refractivity contribution is -0.140. The van der Waals surface area contributed by atoms with E-state index in [0.717, 1.165) is 27.3 Å². The van der Waals surface area contributed by atoms with E-state index in [0.29, 0.717) is 12.2 Å². The Labute approximate surface area is 196 Å². The Hall–Kier alpha value is -3.07. The molecule has 0 aliphatic carbocycles. The number of carbonyl (C=O) groups is 2. The number of methoxy groups -OCH3 is 1. The highest BCUT2D eigenvalue weighted by molar-refractivity contribution is 7.92. The minimum Gasteiger partial charge on any atom is -0.495 e. The van der Waals surface area contributed by atoms with E-state index in [1.54, 1.807) is 18.2 Å². The van der Waals surface area contributed by atoms with E-state index in [9.17, 15) is 18.0 Å². The number of ether oxygens (including phenoxy) is 1. The van der Waals surface area contributed by atoms with Crippen molar-refractivity contribution in [2.24, 2.45) is 0 Å². The molecule has 0 heterocycles. The fraction of sp³-hybridized carbons (Fsp3) is 0.417. The molecule has 2 aromatic carbocycles. The Kier molecular flexibility index (Phi) is 8.87. The molecule has 0 radical (unpaired) electrons. The van der Waals surface area contributed by atoms with Crippen LogP contribution in [0.1, 0.15) is 30.0 Å². The fourth-order valence-corrected chi connectivity index (χ4v) is 4.49. The number of nitrogens with one attached hydrogen (secondary N) is 1. The van der Waals surface area contributed by atoms with Crippen LogP contribution in [0.3, 0.4) is 0 Å². The molecule has 0 aromatic heterocycles. The molecule has 9 heteroatoms. The van der Waals surface area contributed by atoms with Gasteiger partial charge in [0.05, 0.1) is 19.1 Å². The van der Waals surface area contributed by atoms with Crippen molar-refractivity contribution in [2.75, 3.05) is 31.3 Å². The van der Waals surface area contributed by atoms with Crippen molar-refractivity contribution >= 4 is 27.5 Å². The van der Waals surface area contributed by atoms with Gasteiger partial charge in [0, 0.05) is 13.6 Å². The molecule has 0 saturated carbocycles. The topological polar surface area (TPSA) is 96.0 Å². The van der Waals surface area contributed by atoms with Gasteiger partial charge in [-0.1, -0.05) is 37.3 Å². The predicted molar refractivity (Wildman–Crippen MR) is 130 cm³/mol. The van der Waals surface area contributed by atoms with Crippen molar-refractivity contribution in [3.63, 3.8) is 0 Å². The lowest BCUT2D eigenvalue weighted by Crippen LogP contribution is -2.51. The summed E-state index contributed by atoms with van der Waals surface area (Å²) in [5.74, 6) is -0.455. The summed E-state index contributed by atoms with van der Waals surface area (Å²) in [6, 6.07) is 12.0. The van der Waals surface area contributed by atoms with Gasteiger partial charge in [-0.2, -0.15) is 0 Å². The van der Waals surface area contributed by atoms with E-state index >= 15 is 0 Å². The standard InChI is InChI=1S/C24H33N3O5S/c1-7-20(24(29)25-4)26(15-19-11-9-8-10-18(19)3)23(28)16-27(33(6,30)31)21-14-17(2)12-13-22(21)32-5/h8-14,20H,7,15-16H2,1-6H3,(H,25,29)/t20-/m1/s1. The highest BCUT2D eigenvalue weighted by Crippen LogP contribution is 2.31. The van der Waals surface area contributed by atoms with Crippen LogP contribution >= 0.6 is 0 Å². The third-order valence-corrected chi connectivity index (χ3v) is 6.64.